The Labute approximate surface area is 307 Å². The molecule has 0 aliphatic heterocycles. The number of aryl methyl sites for hydroxylation is 1. The van der Waals surface area contributed by atoms with Crippen molar-refractivity contribution < 1.29 is 35.9 Å². The lowest BCUT2D eigenvalue weighted by molar-refractivity contribution is 0.0500. The van der Waals surface area contributed by atoms with Crippen molar-refractivity contribution in [1.29, 1.82) is 0 Å². The topological polar surface area (TPSA) is 164 Å². The number of rotatable bonds is 10. The van der Waals surface area contributed by atoms with Crippen LogP contribution in [-0.2, 0) is 34.8 Å². The quantitative estimate of drug-likeness (QED) is 0.176. The Bertz CT molecular complexity index is 2510. The van der Waals surface area contributed by atoms with Gasteiger partial charge in [-0.05, 0) is 68.3 Å². The Morgan fingerprint density at radius 1 is 1.08 bits per heavy atom. The lowest BCUT2D eigenvalue weighted by Crippen LogP contribution is -2.39. The van der Waals surface area contributed by atoms with Gasteiger partial charge in [0.15, 0.2) is 12.2 Å². The summed E-state index contributed by atoms with van der Waals surface area (Å²) >= 11 is 6.79. The number of hydrogen-bond acceptors (Lipinski definition) is 10. The van der Waals surface area contributed by atoms with Crippen LogP contribution >= 0.6 is 11.6 Å². The van der Waals surface area contributed by atoms with Gasteiger partial charge in [0.1, 0.15) is 28.8 Å². The lowest BCUT2D eigenvalue weighted by atomic mass is 10.0. The smallest absolute Gasteiger partial charge is 0.408 e. The molecule has 0 saturated heterocycles. The third kappa shape index (κ3) is 7.80. The molecule has 0 aliphatic carbocycles. The predicted molar refractivity (Wildman–Crippen MR) is 193 cm³/mol. The maximum atomic E-state index is 14.4. The van der Waals surface area contributed by atoms with Gasteiger partial charge in [0.25, 0.3) is 0 Å². The van der Waals surface area contributed by atoms with E-state index in [2.05, 4.69) is 20.4 Å². The van der Waals surface area contributed by atoms with Crippen molar-refractivity contribution in [2.24, 2.45) is 7.05 Å². The molecule has 3 aromatic carbocycles. The zero-order valence-electron chi connectivity index (χ0n) is 29.3. The van der Waals surface area contributed by atoms with Crippen molar-refractivity contribution in [1.82, 2.24) is 29.6 Å². The highest BCUT2D eigenvalue weighted by Crippen LogP contribution is 2.38. The molecule has 0 aliphatic rings. The van der Waals surface area contributed by atoms with E-state index in [1.54, 1.807) is 45.0 Å². The van der Waals surface area contributed by atoms with Gasteiger partial charge in [0.05, 0.1) is 47.6 Å². The van der Waals surface area contributed by atoms with Gasteiger partial charge in [0, 0.05) is 19.5 Å². The molecule has 53 heavy (non-hydrogen) atoms. The van der Waals surface area contributed by atoms with Gasteiger partial charge >= 0.3 is 11.7 Å². The molecule has 0 bridgehead atoms. The predicted octanol–water partition coefficient (Wildman–Crippen LogP) is 5.98. The number of nitrogens with one attached hydrogen (secondary N) is 1. The summed E-state index contributed by atoms with van der Waals surface area (Å²) in [6.45, 7) is 4.83. The zero-order chi connectivity index (χ0) is 38.4. The molecular formula is C35H34ClF2N7O7S. The van der Waals surface area contributed by atoms with Crippen LogP contribution in [-0.4, -0.2) is 57.8 Å². The number of benzene rings is 3. The molecule has 1 N–H and O–H groups in total. The first-order valence-electron chi connectivity index (χ1n) is 16.0. The number of oxazole rings is 1. The van der Waals surface area contributed by atoms with E-state index < -0.39 is 45.0 Å². The van der Waals surface area contributed by atoms with Crippen LogP contribution in [0.4, 0.5) is 19.4 Å². The average molecular weight is 770 g/mol. The summed E-state index contributed by atoms with van der Waals surface area (Å²) in [5, 5.41) is 7.55. The van der Waals surface area contributed by atoms with E-state index >= 15 is 0 Å². The molecule has 278 valence electrons. The summed E-state index contributed by atoms with van der Waals surface area (Å²) in [6, 6.07) is 11.4. The summed E-state index contributed by atoms with van der Waals surface area (Å²) in [4.78, 5) is 36.3. The van der Waals surface area contributed by atoms with Gasteiger partial charge in [-0.15, -0.1) is 0 Å². The number of carbonyl (C=O) groups excluding carboxylic acids is 1. The van der Waals surface area contributed by atoms with Crippen LogP contribution in [0.5, 0.6) is 5.75 Å². The van der Waals surface area contributed by atoms with Gasteiger partial charge in [-0.3, -0.25) is 14.0 Å². The summed E-state index contributed by atoms with van der Waals surface area (Å²) in [7, 11) is -0.932. The fraction of sp³-hybridized carbons (Fsp3) is 0.286. The summed E-state index contributed by atoms with van der Waals surface area (Å²) < 4.78 is 75.2. The SMILES string of the molecule is COc1ccc(CN(c2nn(C)c3c(-n4c([C@H](Cc5cc(F)cc(F)c5)NC(=O)OC(C)(C)C)nc5ncoc5c4=O)ccc(Cl)c23)S(C)(=O)=O)cc1. The Morgan fingerprint density at radius 2 is 1.75 bits per heavy atom. The molecule has 3 heterocycles. The molecule has 18 heteroatoms. The van der Waals surface area contributed by atoms with E-state index in [1.807, 2.05) is 0 Å². The molecule has 14 nitrogen and oxygen atoms in total. The van der Waals surface area contributed by atoms with Gasteiger partial charge in [0.2, 0.25) is 21.3 Å². The monoisotopic (exact) mass is 769 g/mol. The van der Waals surface area contributed by atoms with Gasteiger partial charge in [-0.1, -0.05) is 23.7 Å². The van der Waals surface area contributed by atoms with E-state index in [0.29, 0.717) is 17.4 Å². The van der Waals surface area contributed by atoms with Crippen LogP contribution in [0.2, 0.25) is 5.02 Å². The van der Waals surface area contributed by atoms with Crippen molar-refractivity contribution in [2.45, 2.75) is 45.4 Å². The second-order valence-corrected chi connectivity index (χ2v) is 15.5. The molecule has 0 fully saturated rings. The van der Waals surface area contributed by atoms with Gasteiger partial charge < -0.3 is 19.2 Å². The second kappa shape index (κ2) is 14.1. The maximum Gasteiger partial charge on any atom is 0.408 e. The fourth-order valence-electron chi connectivity index (χ4n) is 5.86. The largest absolute Gasteiger partial charge is 0.497 e. The van der Waals surface area contributed by atoms with Crippen molar-refractivity contribution in [3.63, 3.8) is 0 Å². The maximum absolute atomic E-state index is 14.4. The van der Waals surface area contributed by atoms with Crippen LogP contribution in [0.3, 0.4) is 0 Å². The van der Waals surface area contributed by atoms with Gasteiger partial charge in [-0.2, -0.15) is 10.1 Å². The normalized spacial score (nSPS) is 12.6. The fourth-order valence-corrected chi connectivity index (χ4v) is 6.92. The minimum absolute atomic E-state index is 0.0327. The van der Waals surface area contributed by atoms with Crippen LogP contribution in [0.25, 0.3) is 27.8 Å². The number of ether oxygens (including phenoxy) is 2. The number of hydrogen-bond donors (Lipinski definition) is 1. The van der Waals surface area contributed by atoms with Crippen LogP contribution in [0, 0.1) is 11.6 Å². The highest BCUT2D eigenvalue weighted by Gasteiger charge is 2.31. The number of nitrogens with zero attached hydrogens (tertiary/aromatic N) is 6. The molecule has 1 atom stereocenters. The number of methoxy groups -OCH3 is 1. The number of anilines is 1. The van der Waals surface area contributed by atoms with Crippen LogP contribution in [0.1, 0.15) is 43.8 Å². The minimum atomic E-state index is -3.98. The van der Waals surface area contributed by atoms with Crippen molar-refractivity contribution in [3.05, 3.63) is 105 Å². The molecule has 0 saturated carbocycles. The van der Waals surface area contributed by atoms with Gasteiger partial charge in [-0.25, -0.2) is 31.3 Å². The first-order chi connectivity index (χ1) is 24.9. The molecule has 6 rings (SSSR count). The first-order valence-corrected chi connectivity index (χ1v) is 18.2. The van der Waals surface area contributed by atoms with E-state index in [4.69, 9.17) is 25.5 Å². The number of aromatic nitrogens is 5. The van der Waals surface area contributed by atoms with E-state index in [9.17, 15) is 26.8 Å². The molecular weight excluding hydrogens is 736 g/mol. The molecule has 0 radical (unpaired) electrons. The molecule has 3 aromatic heterocycles. The summed E-state index contributed by atoms with van der Waals surface area (Å²) in [6.07, 6.45) is 0.878. The van der Waals surface area contributed by atoms with Crippen molar-refractivity contribution in [2.75, 3.05) is 17.7 Å². The number of alkyl carbamates (subject to hydrolysis) is 1. The van der Waals surface area contributed by atoms with Crippen LogP contribution in [0.15, 0.2) is 70.2 Å². The first kappa shape index (κ1) is 37.2. The Hall–Kier alpha value is -5.55. The van der Waals surface area contributed by atoms with Crippen LogP contribution < -0.4 is 19.9 Å². The highest BCUT2D eigenvalue weighted by atomic mass is 35.5. The third-order valence-electron chi connectivity index (χ3n) is 8.02. The van der Waals surface area contributed by atoms with Crippen molar-refractivity contribution in [3.8, 4) is 11.4 Å². The van der Waals surface area contributed by atoms with E-state index in [0.717, 1.165) is 33.7 Å². The zero-order valence-corrected chi connectivity index (χ0v) is 30.9. The highest BCUT2D eigenvalue weighted by molar-refractivity contribution is 7.92. The standard InChI is InChI=1S/C35H34ClF2N7O7S/c1-35(2,3)52-34(47)40-25(15-20-13-21(37)16-22(38)14-20)31-41-30-29(51-18-39-30)33(46)45(31)26-12-11-24(36)27-28(26)43(4)42-32(27)44(53(6,48)49)17-19-7-9-23(50-5)10-8-19/h7-14,16,18,25H,15,17H2,1-6H3,(H,40,47)/t25-/m0/s1. The molecule has 1 amide bonds. The number of halogens is 3. The average Bonchev–Trinajstić information content (AvgIpc) is 3.67. The number of fused-ring (bicyclic) bond motifs is 2. The molecule has 0 unspecified atom stereocenters. The number of amides is 1. The van der Waals surface area contributed by atoms with Crippen molar-refractivity contribution >= 4 is 55.7 Å². The lowest BCUT2D eigenvalue weighted by Gasteiger charge is -2.25. The third-order valence-corrected chi connectivity index (χ3v) is 9.44. The second-order valence-electron chi connectivity index (χ2n) is 13.2. The molecule has 6 aromatic rings. The Kier molecular flexibility index (Phi) is 9.91. The summed E-state index contributed by atoms with van der Waals surface area (Å²) in [5.74, 6) is -1.30. The minimum Gasteiger partial charge on any atom is -0.497 e. The molecule has 0 spiro atoms. The Balaban J connectivity index is 1.59. The number of carbonyl (C=O) groups is 1. The van der Waals surface area contributed by atoms with E-state index in [1.165, 1.54) is 31.0 Å². The van der Waals surface area contributed by atoms with E-state index in [-0.39, 0.29) is 63.0 Å². The Morgan fingerprint density at radius 3 is 2.38 bits per heavy atom. The number of sulfonamides is 1. The summed E-state index contributed by atoms with van der Waals surface area (Å²) in [5.41, 5.74) is -1.02.